The van der Waals surface area contributed by atoms with Gasteiger partial charge in [0.15, 0.2) is 0 Å². The van der Waals surface area contributed by atoms with E-state index < -0.39 is 6.10 Å². The molecule has 0 bridgehead atoms. The van der Waals surface area contributed by atoms with Crippen LogP contribution in [0.25, 0.3) is 0 Å². The second kappa shape index (κ2) is 4.02. The van der Waals surface area contributed by atoms with Crippen LogP contribution in [-0.4, -0.2) is 17.5 Å². The maximum absolute atomic E-state index is 10.3. The molecular formula is C10H12O2. The van der Waals surface area contributed by atoms with E-state index in [0.717, 1.165) is 5.56 Å². The van der Waals surface area contributed by atoms with Crippen LogP contribution >= 0.6 is 0 Å². The van der Waals surface area contributed by atoms with Crippen molar-refractivity contribution in [1.29, 1.82) is 0 Å². The highest BCUT2D eigenvalue weighted by Crippen LogP contribution is 2.17. The lowest BCUT2D eigenvalue weighted by Crippen LogP contribution is -2.16. The van der Waals surface area contributed by atoms with Gasteiger partial charge in [0.05, 0.1) is 0 Å². The summed E-state index contributed by atoms with van der Waals surface area (Å²) in [6, 6.07) is 9.49. The number of carbonyl (C=O) groups is 1. The highest BCUT2D eigenvalue weighted by molar-refractivity contribution is 5.57. The molecule has 1 unspecified atom stereocenters. The monoisotopic (exact) mass is 164 g/mol. The molecule has 1 aromatic carbocycles. The molecule has 0 aliphatic rings. The van der Waals surface area contributed by atoms with Crippen molar-refractivity contribution in [2.24, 2.45) is 0 Å². The van der Waals surface area contributed by atoms with Gasteiger partial charge in [-0.25, -0.2) is 0 Å². The van der Waals surface area contributed by atoms with E-state index in [1.807, 2.05) is 37.3 Å². The van der Waals surface area contributed by atoms with Crippen molar-refractivity contribution in [3.8, 4) is 0 Å². The molecule has 12 heavy (non-hydrogen) atoms. The lowest BCUT2D eigenvalue weighted by atomic mass is 9.96. The Morgan fingerprint density at radius 3 is 2.42 bits per heavy atom. The standard InChI is InChI=1S/C10H12O2/c1-8(10(12)7-11)9-5-3-2-4-6-9/h2-8,10,12H,1H3/t8-,10?/m1/s1. The van der Waals surface area contributed by atoms with E-state index in [4.69, 9.17) is 0 Å². The minimum absolute atomic E-state index is 0.122. The molecule has 2 nitrogen and oxygen atoms in total. The fraction of sp³-hybridized carbons (Fsp3) is 0.300. The van der Waals surface area contributed by atoms with E-state index >= 15 is 0 Å². The highest BCUT2D eigenvalue weighted by Gasteiger charge is 2.13. The number of rotatable bonds is 3. The van der Waals surface area contributed by atoms with Crippen molar-refractivity contribution < 1.29 is 9.90 Å². The van der Waals surface area contributed by atoms with Crippen molar-refractivity contribution in [2.75, 3.05) is 0 Å². The first-order valence-corrected chi connectivity index (χ1v) is 3.94. The molecule has 0 aromatic heterocycles. The van der Waals surface area contributed by atoms with Gasteiger partial charge in [0.25, 0.3) is 0 Å². The van der Waals surface area contributed by atoms with E-state index in [1.165, 1.54) is 0 Å². The summed E-state index contributed by atoms with van der Waals surface area (Å²) in [6.45, 7) is 1.83. The zero-order valence-electron chi connectivity index (χ0n) is 6.97. The fourth-order valence-electron chi connectivity index (χ4n) is 1.07. The molecule has 1 N–H and O–H groups in total. The number of hydrogen-bond donors (Lipinski definition) is 1. The summed E-state index contributed by atoms with van der Waals surface area (Å²) in [4.78, 5) is 10.3. The van der Waals surface area contributed by atoms with Crippen LogP contribution in [0.15, 0.2) is 30.3 Å². The fourth-order valence-corrected chi connectivity index (χ4v) is 1.07. The molecule has 0 fully saturated rings. The van der Waals surface area contributed by atoms with Crippen molar-refractivity contribution in [3.63, 3.8) is 0 Å². The number of benzene rings is 1. The Labute approximate surface area is 71.8 Å². The summed E-state index contributed by atoms with van der Waals surface area (Å²) in [5.74, 6) is -0.122. The van der Waals surface area contributed by atoms with Crippen LogP contribution in [0.1, 0.15) is 18.4 Å². The average Bonchev–Trinajstić information content (AvgIpc) is 2.17. The zero-order valence-corrected chi connectivity index (χ0v) is 6.97. The second-order valence-electron chi connectivity index (χ2n) is 2.83. The number of aldehydes is 1. The summed E-state index contributed by atoms with van der Waals surface area (Å²) in [7, 11) is 0. The minimum Gasteiger partial charge on any atom is -0.385 e. The van der Waals surface area contributed by atoms with Gasteiger partial charge in [0, 0.05) is 5.92 Å². The Bertz CT molecular complexity index is 243. The SMILES string of the molecule is C[C@H](c1ccccc1)C(O)C=O. The molecule has 0 saturated heterocycles. The summed E-state index contributed by atoms with van der Waals surface area (Å²) in [6.07, 6.45) is -0.329. The normalized spacial score (nSPS) is 15.2. The lowest BCUT2D eigenvalue weighted by Gasteiger charge is -2.12. The van der Waals surface area contributed by atoms with Crippen LogP contribution in [0.3, 0.4) is 0 Å². The molecule has 0 spiro atoms. The van der Waals surface area contributed by atoms with Crippen LogP contribution in [0.4, 0.5) is 0 Å². The molecule has 0 aliphatic carbocycles. The van der Waals surface area contributed by atoms with Crippen molar-refractivity contribution in [3.05, 3.63) is 35.9 Å². The van der Waals surface area contributed by atoms with E-state index in [0.29, 0.717) is 6.29 Å². The number of aliphatic hydroxyl groups excluding tert-OH is 1. The van der Waals surface area contributed by atoms with Gasteiger partial charge < -0.3 is 9.90 Å². The van der Waals surface area contributed by atoms with Crippen molar-refractivity contribution in [2.45, 2.75) is 18.9 Å². The molecule has 2 heteroatoms. The van der Waals surface area contributed by atoms with Crippen LogP contribution in [-0.2, 0) is 4.79 Å². The third-order valence-electron chi connectivity index (χ3n) is 1.98. The first-order valence-electron chi connectivity index (χ1n) is 3.94. The van der Waals surface area contributed by atoms with Crippen LogP contribution in [0.5, 0.6) is 0 Å². The van der Waals surface area contributed by atoms with Gasteiger partial charge in [0.2, 0.25) is 0 Å². The molecule has 1 rings (SSSR count). The zero-order chi connectivity index (χ0) is 8.97. The summed E-state index contributed by atoms with van der Waals surface area (Å²) in [5.41, 5.74) is 0.983. The van der Waals surface area contributed by atoms with Crippen molar-refractivity contribution in [1.82, 2.24) is 0 Å². The molecule has 0 heterocycles. The molecule has 0 saturated carbocycles. The Morgan fingerprint density at radius 1 is 1.33 bits per heavy atom. The molecule has 64 valence electrons. The van der Waals surface area contributed by atoms with Gasteiger partial charge in [-0.3, -0.25) is 0 Å². The van der Waals surface area contributed by atoms with E-state index in [1.54, 1.807) is 0 Å². The number of aliphatic hydroxyl groups is 1. The Balaban J connectivity index is 2.78. The maximum atomic E-state index is 10.3. The predicted molar refractivity (Wildman–Crippen MR) is 46.9 cm³/mol. The number of carbonyl (C=O) groups excluding carboxylic acids is 1. The molecule has 0 amide bonds. The average molecular weight is 164 g/mol. The molecule has 0 radical (unpaired) electrons. The quantitative estimate of drug-likeness (QED) is 0.685. The van der Waals surface area contributed by atoms with Gasteiger partial charge >= 0.3 is 0 Å². The van der Waals surface area contributed by atoms with Gasteiger partial charge in [-0.1, -0.05) is 37.3 Å². The summed E-state index contributed by atoms with van der Waals surface area (Å²) >= 11 is 0. The lowest BCUT2D eigenvalue weighted by molar-refractivity contribution is -0.115. The second-order valence-corrected chi connectivity index (χ2v) is 2.83. The van der Waals surface area contributed by atoms with Crippen LogP contribution in [0.2, 0.25) is 0 Å². The Kier molecular flexibility index (Phi) is 3.00. The molecule has 1 aromatic rings. The minimum atomic E-state index is -0.896. The van der Waals surface area contributed by atoms with Crippen LogP contribution < -0.4 is 0 Å². The van der Waals surface area contributed by atoms with Gasteiger partial charge in [-0.15, -0.1) is 0 Å². The third-order valence-corrected chi connectivity index (χ3v) is 1.98. The summed E-state index contributed by atoms with van der Waals surface area (Å²) in [5, 5.41) is 9.21. The van der Waals surface area contributed by atoms with E-state index in [9.17, 15) is 9.90 Å². The van der Waals surface area contributed by atoms with Gasteiger partial charge in [-0.05, 0) is 5.56 Å². The highest BCUT2D eigenvalue weighted by atomic mass is 16.3. The van der Waals surface area contributed by atoms with Crippen molar-refractivity contribution >= 4 is 6.29 Å². The smallest absolute Gasteiger partial charge is 0.149 e. The largest absolute Gasteiger partial charge is 0.385 e. The Hall–Kier alpha value is -1.15. The van der Waals surface area contributed by atoms with E-state index in [2.05, 4.69) is 0 Å². The topological polar surface area (TPSA) is 37.3 Å². The van der Waals surface area contributed by atoms with E-state index in [-0.39, 0.29) is 5.92 Å². The maximum Gasteiger partial charge on any atom is 0.149 e. The first kappa shape index (κ1) is 8.94. The Morgan fingerprint density at radius 2 is 1.92 bits per heavy atom. The summed E-state index contributed by atoms with van der Waals surface area (Å²) < 4.78 is 0. The van der Waals surface area contributed by atoms with Gasteiger partial charge in [-0.2, -0.15) is 0 Å². The van der Waals surface area contributed by atoms with Gasteiger partial charge in [0.1, 0.15) is 12.4 Å². The third kappa shape index (κ3) is 1.92. The molecular weight excluding hydrogens is 152 g/mol. The van der Waals surface area contributed by atoms with Crippen LogP contribution in [0, 0.1) is 0 Å². The molecule has 2 atom stereocenters. The molecule has 0 aliphatic heterocycles. The number of hydrogen-bond acceptors (Lipinski definition) is 2. The predicted octanol–water partition coefficient (Wildman–Crippen LogP) is 1.35. The first-order chi connectivity index (χ1) is 5.75.